The van der Waals surface area contributed by atoms with E-state index >= 15 is 0 Å². The van der Waals surface area contributed by atoms with Gasteiger partial charge in [-0.3, -0.25) is 9.88 Å². The van der Waals surface area contributed by atoms with Gasteiger partial charge >= 0.3 is 0 Å². The molecule has 0 saturated carbocycles. The Balaban J connectivity index is 2.17. The maximum atomic E-state index is 5.94. The molecule has 0 radical (unpaired) electrons. The van der Waals surface area contributed by atoms with Crippen LogP contribution in [0.5, 0.6) is 0 Å². The highest BCUT2D eigenvalue weighted by Gasteiger charge is 2.33. The second-order valence-electron chi connectivity index (χ2n) is 5.57. The maximum absolute atomic E-state index is 5.94. The number of rotatable bonds is 3. The molecule has 2 heterocycles. The van der Waals surface area contributed by atoms with Crippen LogP contribution < -0.4 is 5.73 Å². The largest absolute Gasteiger partial charge is 0.329 e. The van der Waals surface area contributed by atoms with E-state index in [9.17, 15) is 0 Å². The van der Waals surface area contributed by atoms with Crippen molar-refractivity contribution in [3.63, 3.8) is 0 Å². The van der Waals surface area contributed by atoms with Gasteiger partial charge in [-0.1, -0.05) is 13.8 Å². The van der Waals surface area contributed by atoms with E-state index in [-0.39, 0.29) is 0 Å². The molecule has 2 rings (SSSR count). The predicted octanol–water partition coefficient (Wildman–Crippen LogP) is 2.58. The molecule has 1 saturated heterocycles. The van der Waals surface area contributed by atoms with Crippen LogP contribution in [-0.4, -0.2) is 29.5 Å². The monoisotopic (exact) mass is 297 g/mol. The van der Waals surface area contributed by atoms with E-state index in [2.05, 4.69) is 45.7 Å². The lowest BCUT2D eigenvalue weighted by atomic mass is 9.93. The zero-order valence-corrected chi connectivity index (χ0v) is 12.1. The Kier molecular flexibility index (Phi) is 3.85. The summed E-state index contributed by atoms with van der Waals surface area (Å²) < 4.78 is 1.02. The van der Waals surface area contributed by atoms with Crippen LogP contribution >= 0.6 is 15.9 Å². The molecule has 1 atom stereocenters. The van der Waals surface area contributed by atoms with Crippen LogP contribution in [0.4, 0.5) is 0 Å². The van der Waals surface area contributed by atoms with Gasteiger partial charge in [-0.15, -0.1) is 0 Å². The van der Waals surface area contributed by atoms with Gasteiger partial charge < -0.3 is 5.73 Å². The van der Waals surface area contributed by atoms with Crippen LogP contribution in [0.25, 0.3) is 0 Å². The van der Waals surface area contributed by atoms with Gasteiger partial charge in [-0.05, 0) is 45.9 Å². The molecule has 0 aliphatic carbocycles. The second-order valence-corrected chi connectivity index (χ2v) is 6.49. The predicted molar refractivity (Wildman–Crippen MR) is 73.7 cm³/mol. The minimum atomic E-state index is 0.293. The highest BCUT2D eigenvalue weighted by molar-refractivity contribution is 9.10. The van der Waals surface area contributed by atoms with Crippen LogP contribution in [-0.2, 0) is 0 Å². The lowest BCUT2D eigenvalue weighted by Gasteiger charge is -2.28. The molecule has 94 valence electrons. The number of hydrogen-bond donors (Lipinski definition) is 1. The van der Waals surface area contributed by atoms with Crippen molar-refractivity contribution in [2.45, 2.75) is 26.3 Å². The van der Waals surface area contributed by atoms with Crippen molar-refractivity contribution in [2.24, 2.45) is 11.1 Å². The second kappa shape index (κ2) is 5.04. The van der Waals surface area contributed by atoms with Crippen molar-refractivity contribution < 1.29 is 0 Å². The summed E-state index contributed by atoms with van der Waals surface area (Å²) >= 11 is 3.47. The Hall–Kier alpha value is -0.450. The van der Waals surface area contributed by atoms with E-state index in [1.165, 1.54) is 12.0 Å². The molecule has 1 aliphatic heterocycles. The fraction of sp³-hybridized carbons (Fsp3) is 0.615. The Morgan fingerprint density at radius 2 is 2.29 bits per heavy atom. The van der Waals surface area contributed by atoms with Gasteiger partial charge in [0.1, 0.15) is 0 Å². The zero-order chi connectivity index (χ0) is 12.5. The van der Waals surface area contributed by atoms with E-state index in [0.717, 1.165) is 17.6 Å². The lowest BCUT2D eigenvalue weighted by Crippen LogP contribution is -2.33. The van der Waals surface area contributed by atoms with Gasteiger partial charge in [0.25, 0.3) is 0 Å². The molecule has 0 aromatic carbocycles. The Morgan fingerprint density at radius 1 is 1.53 bits per heavy atom. The van der Waals surface area contributed by atoms with Crippen LogP contribution in [0.1, 0.15) is 31.9 Å². The zero-order valence-electron chi connectivity index (χ0n) is 10.5. The Labute approximate surface area is 112 Å². The third kappa shape index (κ3) is 3.06. The quantitative estimate of drug-likeness (QED) is 0.932. The molecular weight excluding hydrogens is 278 g/mol. The molecule has 4 heteroatoms. The first-order chi connectivity index (χ1) is 8.02. The fourth-order valence-corrected chi connectivity index (χ4v) is 2.91. The molecule has 0 bridgehead atoms. The van der Waals surface area contributed by atoms with Crippen molar-refractivity contribution in [1.82, 2.24) is 9.88 Å². The van der Waals surface area contributed by atoms with Gasteiger partial charge in [0, 0.05) is 36.0 Å². The third-order valence-electron chi connectivity index (χ3n) is 3.48. The fourth-order valence-electron chi connectivity index (χ4n) is 2.53. The Morgan fingerprint density at radius 3 is 2.82 bits per heavy atom. The van der Waals surface area contributed by atoms with E-state index in [0.29, 0.717) is 18.0 Å². The average molecular weight is 298 g/mol. The average Bonchev–Trinajstić information content (AvgIpc) is 2.60. The smallest absolute Gasteiger partial charge is 0.0486 e. The number of nitrogens with zero attached hydrogens (tertiary/aromatic N) is 2. The van der Waals surface area contributed by atoms with Crippen molar-refractivity contribution in [2.75, 3.05) is 19.6 Å². The summed E-state index contributed by atoms with van der Waals surface area (Å²) in [5.41, 5.74) is 7.56. The number of hydrogen-bond acceptors (Lipinski definition) is 3. The summed E-state index contributed by atoms with van der Waals surface area (Å²) in [6, 6.07) is 2.41. The van der Waals surface area contributed by atoms with Crippen molar-refractivity contribution in [3.05, 3.63) is 28.5 Å². The first-order valence-corrected chi connectivity index (χ1v) is 6.86. The van der Waals surface area contributed by atoms with E-state index in [4.69, 9.17) is 5.73 Å². The van der Waals surface area contributed by atoms with E-state index < -0.39 is 0 Å². The molecule has 1 aliphatic rings. The van der Waals surface area contributed by atoms with Crippen LogP contribution in [0.3, 0.4) is 0 Å². The van der Waals surface area contributed by atoms with Crippen molar-refractivity contribution in [1.29, 1.82) is 0 Å². The third-order valence-corrected chi connectivity index (χ3v) is 3.92. The molecule has 0 spiro atoms. The van der Waals surface area contributed by atoms with Gasteiger partial charge in [0.2, 0.25) is 0 Å². The minimum absolute atomic E-state index is 0.293. The van der Waals surface area contributed by atoms with Crippen LogP contribution in [0.2, 0.25) is 0 Å². The summed E-state index contributed by atoms with van der Waals surface area (Å²) in [6.07, 6.45) is 4.98. The lowest BCUT2D eigenvalue weighted by molar-refractivity contribution is 0.223. The van der Waals surface area contributed by atoms with Gasteiger partial charge in [0.15, 0.2) is 0 Å². The molecule has 1 fully saturated rings. The molecule has 1 aromatic heterocycles. The number of pyridine rings is 1. The van der Waals surface area contributed by atoms with Gasteiger partial charge in [-0.2, -0.15) is 0 Å². The van der Waals surface area contributed by atoms with Crippen molar-refractivity contribution >= 4 is 15.9 Å². The first-order valence-electron chi connectivity index (χ1n) is 6.06. The summed E-state index contributed by atoms with van der Waals surface area (Å²) in [6.45, 7) is 7.52. The van der Waals surface area contributed by atoms with Crippen LogP contribution in [0.15, 0.2) is 22.9 Å². The highest BCUT2D eigenvalue weighted by atomic mass is 79.9. The normalized spacial score (nSPS) is 21.6. The summed E-state index contributed by atoms with van der Waals surface area (Å²) in [5, 5.41) is 0. The van der Waals surface area contributed by atoms with Gasteiger partial charge in [0.05, 0.1) is 0 Å². The molecule has 1 aromatic rings. The SMILES string of the molecule is CC1(C)CCN(C(CN)c2cncc(Br)c2)C1. The number of likely N-dealkylation sites (tertiary alicyclic amines) is 1. The van der Waals surface area contributed by atoms with E-state index in [1.807, 2.05) is 12.4 Å². The topological polar surface area (TPSA) is 42.1 Å². The molecule has 2 N–H and O–H groups in total. The molecule has 1 unspecified atom stereocenters. The molecule has 3 nitrogen and oxygen atoms in total. The summed E-state index contributed by atoms with van der Waals surface area (Å²) in [7, 11) is 0. The number of halogens is 1. The highest BCUT2D eigenvalue weighted by Crippen LogP contribution is 2.34. The van der Waals surface area contributed by atoms with Crippen LogP contribution in [0, 0.1) is 5.41 Å². The molecule has 17 heavy (non-hydrogen) atoms. The minimum Gasteiger partial charge on any atom is -0.329 e. The number of aromatic nitrogens is 1. The maximum Gasteiger partial charge on any atom is 0.0486 e. The number of nitrogens with two attached hydrogens (primary N) is 1. The van der Waals surface area contributed by atoms with Gasteiger partial charge in [-0.25, -0.2) is 0 Å². The standard InChI is InChI=1S/C13H20BrN3/c1-13(2)3-4-17(9-13)12(6-15)10-5-11(14)8-16-7-10/h5,7-8,12H,3-4,6,9,15H2,1-2H3. The van der Waals surface area contributed by atoms with E-state index in [1.54, 1.807) is 0 Å². The summed E-state index contributed by atoms with van der Waals surface area (Å²) in [5.74, 6) is 0. The summed E-state index contributed by atoms with van der Waals surface area (Å²) in [4.78, 5) is 6.71. The first kappa shape index (κ1) is 13.0. The molecular formula is C13H20BrN3. The van der Waals surface area contributed by atoms with Crippen molar-refractivity contribution in [3.8, 4) is 0 Å². The Bertz CT molecular complexity index is 392. The molecule has 0 amide bonds.